The van der Waals surface area contributed by atoms with Crippen LogP contribution in [0, 0.1) is 4.91 Å². The highest BCUT2D eigenvalue weighted by Crippen LogP contribution is 2.32. The van der Waals surface area contributed by atoms with Gasteiger partial charge in [0.2, 0.25) is 5.16 Å². The summed E-state index contributed by atoms with van der Waals surface area (Å²) in [5.41, 5.74) is 1.60. The van der Waals surface area contributed by atoms with Crippen LogP contribution in [0.4, 0.5) is 11.4 Å². The summed E-state index contributed by atoms with van der Waals surface area (Å²) in [6, 6.07) is 5.20. The molecule has 8 nitrogen and oxygen atoms in total. The van der Waals surface area contributed by atoms with E-state index >= 15 is 0 Å². The molecule has 0 atom stereocenters. The first-order valence-corrected chi connectivity index (χ1v) is 6.92. The molecule has 110 valence electrons. The molecule has 0 aliphatic rings. The van der Waals surface area contributed by atoms with Crippen molar-refractivity contribution in [2.75, 3.05) is 24.7 Å². The number of aromatic amines is 1. The van der Waals surface area contributed by atoms with Gasteiger partial charge < -0.3 is 10.0 Å². The number of carboxylic acid groups (broad SMARTS) is 1. The fourth-order valence-electron chi connectivity index (χ4n) is 1.63. The number of aliphatic carboxylic acids is 1. The molecule has 0 saturated carbocycles. The Hall–Kier alpha value is -2.42. The molecule has 0 aliphatic heterocycles. The number of H-pyrrole nitrogens is 1. The fourth-order valence-corrected chi connectivity index (χ4v) is 2.15. The summed E-state index contributed by atoms with van der Waals surface area (Å²) in [4.78, 5) is 27.5. The van der Waals surface area contributed by atoms with Crippen molar-refractivity contribution in [3.8, 4) is 11.4 Å². The molecule has 0 amide bonds. The minimum Gasteiger partial charge on any atom is -0.481 e. The van der Waals surface area contributed by atoms with Crippen LogP contribution < -0.4 is 4.90 Å². The summed E-state index contributed by atoms with van der Waals surface area (Å²) < 4.78 is 0. The van der Waals surface area contributed by atoms with Crippen LogP contribution in [0.3, 0.4) is 0 Å². The molecule has 1 heterocycles. The molecular formula is C12H13N5O3S. The van der Waals surface area contributed by atoms with Crippen LogP contribution in [-0.2, 0) is 4.79 Å². The summed E-state index contributed by atoms with van der Waals surface area (Å²) in [7, 11) is 3.72. The van der Waals surface area contributed by atoms with E-state index in [9.17, 15) is 9.70 Å². The molecule has 21 heavy (non-hydrogen) atoms. The third-order valence-corrected chi connectivity index (χ3v) is 3.47. The maximum absolute atomic E-state index is 11.0. The molecule has 2 N–H and O–H groups in total. The van der Waals surface area contributed by atoms with Gasteiger partial charge in [0.15, 0.2) is 5.82 Å². The number of rotatable bonds is 6. The molecule has 0 unspecified atom stereocenters. The topological polar surface area (TPSA) is 112 Å². The molecule has 0 fully saturated rings. The third kappa shape index (κ3) is 3.57. The van der Waals surface area contributed by atoms with Crippen LogP contribution in [0.15, 0.2) is 28.5 Å². The second-order valence-corrected chi connectivity index (χ2v) is 5.28. The number of carbonyl (C=O) groups is 1. The quantitative estimate of drug-likeness (QED) is 0.621. The molecule has 9 heteroatoms. The Morgan fingerprint density at radius 1 is 1.48 bits per heavy atom. The van der Waals surface area contributed by atoms with Crippen molar-refractivity contribution in [3.63, 3.8) is 0 Å². The van der Waals surface area contributed by atoms with Gasteiger partial charge in [-0.15, -0.1) is 10.0 Å². The van der Waals surface area contributed by atoms with Crippen molar-refractivity contribution in [3.05, 3.63) is 23.1 Å². The standard InChI is InChI=1S/C12H13N5O3S/c1-17(2)7-3-4-8(9(5-7)16-20)11-13-12(15-14-11)21-6-10(18)19/h3-5H,6H2,1-2H3,(H,18,19)(H,13,14,15). The Bertz CT molecular complexity index is 671. The van der Waals surface area contributed by atoms with E-state index in [1.54, 1.807) is 12.1 Å². The van der Waals surface area contributed by atoms with Gasteiger partial charge >= 0.3 is 5.97 Å². The monoisotopic (exact) mass is 307 g/mol. The molecule has 2 aromatic rings. The summed E-state index contributed by atoms with van der Waals surface area (Å²) in [5.74, 6) is -0.699. The van der Waals surface area contributed by atoms with Crippen molar-refractivity contribution >= 4 is 29.1 Å². The highest BCUT2D eigenvalue weighted by molar-refractivity contribution is 7.99. The van der Waals surface area contributed by atoms with Gasteiger partial charge in [0.25, 0.3) is 0 Å². The number of carboxylic acids is 1. The smallest absolute Gasteiger partial charge is 0.313 e. The zero-order valence-electron chi connectivity index (χ0n) is 11.4. The zero-order valence-corrected chi connectivity index (χ0v) is 12.2. The normalized spacial score (nSPS) is 10.4. The lowest BCUT2D eigenvalue weighted by atomic mass is 10.1. The predicted octanol–water partition coefficient (Wildman–Crippen LogP) is 2.11. The van der Waals surface area contributed by atoms with Crippen LogP contribution in [-0.4, -0.2) is 46.1 Å². The van der Waals surface area contributed by atoms with Gasteiger partial charge in [-0.05, 0) is 23.4 Å². The van der Waals surface area contributed by atoms with Gasteiger partial charge in [-0.1, -0.05) is 11.8 Å². The second-order valence-electron chi connectivity index (χ2n) is 4.34. The predicted molar refractivity (Wildman–Crippen MR) is 80.0 cm³/mol. The van der Waals surface area contributed by atoms with Gasteiger partial charge in [-0.2, -0.15) is 0 Å². The first-order valence-electron chi connectivity index (χ1n) is 5.93. The Morgan fingerprint density at radius 2 is 2.24 bits per heavy atom. The second kappa shape index (κ2) is 6.35. The minimum atomic E-state index is -0.947. The van der Waals surface area contributed by atoms with Crippen molar-refractivity contribution < 1.29 is 9.90 Å². The lowest BCUT2D eigenvalue weighted by Crippen LogP contribution is -2.08. The number of thioether (sulfide) groups is 1. The molecular weight excluding hydrogens is 294 g/mol. The van der Waals surface area contributed by atoms with Crippen LogP contribution >= 0.6 is 11.8 Å². The Balaban J connectivity index is 2.29. The van der Waals surface area contributed by atoms with Crippen LogP contribution in [0.5, 0.6) is 0 Å². The average molecular weight is 307 g/mol. The lowest BCUT2D eigenvalue weighted by Gasteiger charge is -2.13. The first kappa shape index (κ1) is 15.0. The number of benzene rings is 1. The maximum Gasteiger partial charge on any atom is 0.313 e. The van der Waals surface area contributed by atoms with E-state index in [-0.39, 0.29) is 11.4 Å². The lowest BCUT2D eigenvalue weighted by molar-refractivity contribution is -0.133. The highest BCUT2D eigenvalue weighted by atomic mass is 32.2. The van der Waals surface area contributed by atoms with E-state index < -0.39 is 5.97 Å². The summed E-state index contributed by atoms with van der Waals surface area (Å²) in [5, 5.41) is 18.5. The number of anilines is 1. The van der Waals surface area contributed by atoms with Gasteiger partial charge in [-0.25, -0.2) is 4.98 Å². The van der Waals surface area contributed by atoms with E-state index in [0.717, 1.165) is 17.4 Å². The summed E-state index contributed by atoms with van der Waals surface area (Å²) in [6.45, 7) is 0. The fraction of sp³-hybridized carbons (Fsp3) is 0.250. The molecule has 2 rings (SSSR count). The summed E-state index contributed by atoms with van der Waals surface area (Å²) >= 11 is 0.996. The SMILES string of the molecule is CN(C)c1ccc(-c2nc(SCC(=O)O)n[nH]2)c(N=O)c1. The van der Waals surface area contributed by atoms with Gasteiger partial charge in [-0.3, -0.25) is 9.89 Å². The molecule has 0 aliphatic carbocycles. The molecule has 0 spiro atoms. The molecule has 0 saturated heterocycles. The van der Waals surface area contributed by atoms with E-state index in [4.69, 9.17) is 5.11 Å². The van der Waals surface area contributed by atoms with Crippen LogP contribution in [0.1, 0.15) is 0 Å². The van der Waals surface area contributed by atoms with E-state index in [2.05, 4.69) is 20.4 Å². The van der Waals surface area contributed by atoms with Crippen molar-refractivity contribution in [1.82, 2.24) is 15.2 Å². The maximum atomic E-state index is 11.0. The molecule has 0 bridgehead atoms. The Morgan fingerprint density at radius 3 is 2.86 bits per heavy atom. The average Bonchev–Trinajstić information content (AvgIpc) is 2.93. The molecule has 1 aromatic heterocycles. The zero-order chi connectivity index (χ0) is 15.4. The minimum absolute atomic E-state index is 0.129. The van der Waals surface area contributed by atoms with E-state index in [0.29, 0.717) is 16.5 Å². The van der Waals surface area contributed by atoms with Gasteiger partial charge in [0, 0.05) is 25.3 Å². The number of nitroso groups, excluding NO2 is 1. The largest absolute Gasteiger partial charge is 0.481 e. The van der Waals surface area contributed by atoms with E-state index in [1.165, 1.54) is 0 Å². The Kier molecular flexibility index (Phi) is 4.53. The van der Waals surface area contributed by atoms with Crippen LogP contribution in [0.2, 0.25) is 0 Å². The first-order chi connectivity index (χ1) is 10.0. The highest BCUT2D eigenvalue weighted by Gasteiger charge is 2.13. The van der Waals surface area contributed by atoms with Crippen molar-refractivity contribution in [2.45, 2.75) is 5.16 Å². The number of hydrogen-bond acceptors (Lipinski definition) is 7. The summed E-state index contributed by atoms with van der Waals surface area (Å²) in [6.07, 6.45) is 0. The van der Waals surface area contributed by atoms with Crippen molar-refractivity contribution in [2.24, 2.45) is 5.18 Å². The molecule has 0 radical (unpaired) electrons. The number of hydrogen-bond donors (Lipinski definition) is 2. The van der Waals surface area contributed by atoms with Crippen LogP contribution in [0.25, 0.3) is 11.4 Å². The van der Waals surface area contributed by atoms with Gasteiger partial charge in [0.05, 0.1) is 5.75 Å². The van der Waals surface area contributed by atoms with Gasteiger partial charge in [0.1, 0.15) is 5.69 Å². The Labute approximate surface area is 124 Å². The molecule has 1 aromatic carbocycles. The van der Waals surface area contributed by atoms with E-state index in [1.807, 2.05) is 25.1 Å². The number of nitrogens with zero attached hydrogens (tertiary/aromatic N) is 4. The number of aromatic nitrogens is 3. The van der Waals surface area contributed by atoms with Crippen molar-refractivity contribution in [1.29, 1.82) is 0 Å². The third-order valence-electron chi connectivity index (χ3n) is 2.64. The number of nitrogens with one attached hydrogen (secondary N) is 1.